The second-order valence-corrected chi connectivity index (χ2v) is 10.3. The van der Waals surface area contributed by atoms with E-state index in [1.54, 1.807) is 6.92 Å². The molecule has 0 spiro atoms. The Morgan fingerprint density at radius 2 is 1.85 bits per heavy atom. The summed E-state index contributed by atoms with van der Waals surface area (Å²) < 4.78 is 73.5. The topological polar surface area (TPSA) is 101 Å². The molecule has 11 heteroatoms. The van der Waals surface area contributed by atoms with Gasteiger partial charge >= 0.3 is 5.76 Å². The summed E-state index contributed by atoms with van der Waals surface area (Å²) in [6.45, 7) is 2.24. The maximum absolute atomic E-state index is 12.5. The van der Waals surface area contributed by atoms with Crippen LogP contribution < -0.4 is 5.32 Å². The van der Waals surface area contributed by atoms with E-state index in [9.17, 15) is 30.4 Å². The van der Waals surface area contributed by atoms with Crippen molar-refractivity contribution in [2.45, 2.75) is 36.8 Å². The quantitative estimate of drug-likeness (QED) is 0.722. The van der Waals surface area contributed by atoms with E-state index in [1.807, 2.05) is 0 Å². The SMILES string of the molecule is CCCS(=O)(=O)N1CCC[C@@H](C(=O)Nc2ccc(S(=O)(=O)C(F)F)cc2)C1. The Balaban J connectivity index is 2.04. The molecule has 1 atom stereocenters. The lowest BCUT2D eigenvalue weighted by Crippen LogP contribution is -2.44. The van der Waals surface area contributed by atoms with Crippen molar-refractivity contribution >= 4 is 31.5 Å². The molecular formula is C16H22F2N2O5S2. The van der Waals surface area contributed by atoms with Crippen LogP contribution in [0.1, 0.15) is 26.2 Å². The number of rotatable bonds is 7. The summed E-state index contributed by atoms with van der Waals surface area (Å²) in [5.41, 5.74) is 0.252. The molecule has 1 heterocycles. The summed E-state index contributed by atoms with van der Waals surface area (Å²) in [7, 11) is -8.08. The molecule has 1 N–H and O–H groups in total. The zero-order valence-corrected chi connectivity index (χ0v) is 16.4. The highest BCUT2D eigenvalue weighted by Crippen LogP contribution is 2.23. The number of nitrogens with zero attached hydrogens (tertiary/aromatic N) is 1. The smallest absolute Gasteiger partial charge is 0.326 e. The molecule has 0 radical (unpaired) electrons. The van der Waals surface area contributed by atoms with Crippen molar-refractivity contribution in [1.29, 1.82) is 0 Å². The van der Waals surface area contributed by atoms with Crippen molar-refractivity contribution < 1.29 is 30.4 Å². The Morgan fingerprint density at radius 1 is 1.22 bits per heavy atom. The lowest BCUT2D eigenvalue weighted by molar-refractivity contribution is -0.120. The molecule has 1 aliphatic heterocycles. The Bertz CT molecular complexity index is 871. The number of halogens is 2. The van der Waals surface area contributed by atoms with E-state index in [1.165, 1.54) is 16.4 Å². The van der Waals surface area contributed by atoms with Crippen LogP contribution >= 0.6 is 0 Å². The van der Waals surface area contributed by atoms with Crippen LogP contribution in [0.3, 0.4) is 0 Å². The van der Waals surface area contributed by atoms with Gasteiger partial charge in [0.2, 0.25) is 25.8 Å². The van der Waals surface area contributed by atoms with E-state index in [4.69, 9.17) is 0 Å². The number of nitrogens with one attached hydrogen (secondary N) is 1. The lowest BCUT2D eigenvalue weighted by atomic mass is 9.99. The molecule has 0 bridgehead atoms. The van der Waals surface area contributed by atoms with Gasteiger partial charge in [0.05, 0.1) is 16.6 Å². The zero-order chi connectivity index (χ0) is 20.2. The molecule has 0 aromatic heterocycles. The van der Waals surface area contributed by atoms with Gasteiger partial charge in [0.25, 0.3) is 0 Å². The Hall–Kier alpha value is -1.59. The minimum atomic E-state index is -4.69. The van der Waals surface area contributed by atoms with Gasteiger partial charge in [-0.25, -0.2) is 21.1 Å². The third-order valence-corrected chi connectivity index (χ3v) is 7.74. The number of alkyl halides is 2. The highest BCUT2D eigenvalue weighted by Gasteiger charge is 2.32. The third-order valence-electron chi connectivity index (χ3n) is 4.30. The highest BCUT2D eigenvalue weighted by atomic mass is 32.2. The third kappa shape index (κ3) is 5.23. The summed E-state index contributed by atoms with van der Waals surface area (Å²) in [5, 5.41) is 2.58. The number of carbonyl (C=O) groups excluding carboxylic acids is 1. The average Bonchev–Trinajstić information content (AvgIpc) is 2.62. The van der Waals surface area contributed by atoms with Gasteiger partial charge in [-0.05, 0) is 43.5 Å². The largest absolute Gasteiger partial charge is 0.341 e. The van der Waals surface area contributed by atoms with Crippen molar-refractivity contribution in [2.24, 2.45) is 5.92 Å². The average molecular weight is 424 g/mol. The number of benzene rings is 1. The summed E-state index contributed by atoms with van der Waals surface area (Å²) >= 11 is 0. The molecule has 1 aromatic rings. The molecular weight excluding hydrogens is 402 g/mol. The lowest BCUT2D eigenvalue weighted by Gasteiger charge is -2.31. The maximum Gasteiger partial charge on any atom is 0.341 e. The number of sulfonamides is 1. The number of sulfone groups is 1. The normalized spacial score (nSPS) is 19.2. The summed E-state index contributed by atoms with van der Waals surface area (Å²) in [6.07, 6.45) is 1.58. The first-order valence-corrected chi connectivity index (χ1v) is 11.6. The number of hydrogen-bond donors (Lipinski definition) is 1. The Labute approximate surface area is 157 Å². The van der Waals surface area contributed by atoms with E-state index < -0.39 is 42.3 Å². The number of anilines is 1. The summed E-state index contributed by atoms with van der Waals surface area (Å²) in [5.74, 6) is -4.41. The van der Waals surface area contributed by atoms with Crippen molar-refractivity contribution in [3.63, 3.8) is 0 Å². The standard InChI is InChI=1S/C16H22F2N2O5S2/c1-2-10-26(22,23)20-9-3-4-12(11-20)15(21)19-13-5-7-14(8-6-13)27(24,25)16(17)18/h5-8,12,16H,2-4,9-11H2,1H3,(H,19,21)/t12-/m1/s1. The first kappa shape index (κ1) is 21.7. The van der Waals surface area contributed by atoms with Crippen LogP contribution in [0.2, 0.25) is 0 Å². The van der Waals surface area contributed by atoms with Gasteiger partial charge in [0.1, 0.15) is 0 Å². The predicted molar refractivity (Wildman–Crippen MR) is 96.6 cm³/mol. The van der Waals surface area contributed by atoms with Crippen LogP contribution in [0.25, 0.3) is 0 Å². The van der Waals surface area contributed by atoms with Crippen LogP contribution in [-0.4, -0.2) is 51.6 Å². The molecule has 1 saturated heterocycles. The van der Waals surface area contributed by atoms with Crippen LogP contribution in [0.5, 0.6) is 0 Å². The van der Waals surface area contributed by atoms with E-state index in [-0.39, 0.29) is 18.0 Å². The number of hydrogen-bond acceptors (Lipinski definition) is 5. The van der Waals surface area contributed by atoms with Gasteiger partial charge < -0.3 is 5.32 Å². The maximum atomic E-state index is 12.5. The fourth-order valence-corrected chi connectivity index (χ4v) is 5.18. The number of piperidine rings is 1. The molecule has 1 aromatic carbocycles. The molecule has 0 aliphatic carbocycles. The van der Waals surface area contributed by atoms with Crippen molar-refractivity contribution in [2.75, 3.05) is 24.2 Å². The van der Waals surface area contributed by atoms with Crippen LogP contribution in [0, 0.1) is 5.92 Å². The van der Waals surface area contributed by atoms with Gasteiger partial charge in [-0.3, -0.25) is 4.79 Å². The molecule has 152 valence electrons. The molecule has 2 rings (SSSR count). The van der Waals surface area contributed by atoms with Gasteiger partial charge in [0.15, 0.2) is 0 Å². The minimum absolute atomic E-state index is 0.0292. The molecule has 0 saturated carbocycles. The van der Waals surface area contributed by atoms with Crippen LogP contribution in [0.15, 0.2) is 29.2 Å². The molecule has 1 aliphatic rings. The van der Waals surface area contributed by atoms with Gasteiger partial charge in [-0.15, -0.1) is 0 Å². The number of carbonyl (C=O) groups is 1. The Morgan fingerprint density at radius 3 is 2.41 bits per heavy atom. The zero-order valence-electron chi connectivity index (χ0n) is 14.8. The first-order chi connectivity index (χ1) is 12.6. The summed E-state index contributed by atoms with van der Waals surface area (Å²) in [4.78, 5) is 11.9. The van der Waals surface area contributed by atoms with E-state index in [0.29, 0.717) is 25.8 Å². The summed E-state index contributed by atoms with van der Waals surface area (Å²) in [6, 6.07) is 4.44. The second kappa shape index (κ2) is 8.61. The highest BCUT2D eigenvalue weighted by molar-refractivity contribution is 7.91. The Kier molecular flexibility index (Phi) is 6.92. The van der Waals surface area contributed by atoms with E-state index in [0.717, 1.165) is 12.1 Å². The molecule has 0 unspecified atom stereocenters. The van der Waals surface area contributed by atoms with Crippen LogP contribution in [0.4, 0.5) is 14.5 Å². The molecule has 27 heavy (non-hydrogen) atoms. The van der Waals surface area contributed by atoms with E-state index >= 15 is 0 Å². The monoisotopic (exact) mass is 424 g/mol. The first-order valence-electron chi connectivity index (χ1n) is 8.48. The van der Waals surface area contributed by atoms with Crippen LogP contribution in [-0.2, 0) is 24.7 Å². The van der Waals surface area contributed by atoms with Gasteiger partial charge in [-0.1, -0.05) is 6.92 Å². The van der Waals surface area contributed by atoms with Crippen molar-refractivity contribution in [1.82, 2.24) is 4.31 Å². The fourth-order valence-electron chi connectivity index (χ4n) is 2.87. The fraction of sp³-hybridized carbons (Fsp3) is 0.562. The van der Waals surface area contributed by atoms with Gasteiger partial charge in [-0.2, -0.15) is 8.78 Å². The molecule has 1 amide bonds. The minimum Gasteiger partial charge on any atom is -0.326 e. The van der Waals surface area contributed by atoms with Gasteiger partial charge in [0, 0.05) is 18.8 Å². The number of amides is 1. The van der Waals surface area contributed by atoms with Crippen molar-refractivity contribution in [3.8, 4) is 0 Å². The van der Waals surface area contributed by atoms with E-state index in [2.05, 4.69) is 5.32 Å². The molecule has 7 nitrogen and oxygen atoms in total. The molecule has 1 fully saturated rings. The second-order valence-electron chi connectivity index (χ2n) is 6.33. The van der Waals surface area contributed by atoms with Crippen molar-refractivity contribution in [3.05, 3.63) is 24.3 Å². The predicted octanol–water partition coefficient (Wildman–Crippen LogP) is 2.07.